The van der Waals surface area contributed by atoms with Gasteiger partial charge in [0.25, 0.3) is 0 Å². The van der Waals surface area contributed by atoms with Gasteiger partial charge in [0.2, 0.25) is 11.0 Å². The lowest BCUT2D eigenvalue weighted by Crippen LogP contribution is -2.27. The van der Waals surface area contributed by atoms with Crippen LogP contribution in [-0.2, 0) is 4.79 Å². The predicted molar refractivity (Wildman–Crippen MR) is 153 cm³/mol. The van der Waals surface area contributed by atoms with E-state index < -0.39 is 5.37 Å². The van der Waals surface area contributed by atoms with E-state index in [9.17, 15) is 15.0 Å². The molecule has 0 aliphatic carbocycles. The average molecular weight is 553 g/mol. The van der Waals surface area contributed by atoms with Crippen LogP contribution in [0.3, 0.4) is 0 Å². The van der Waals surface area contributed by atoms with Crippen molar-refractivity contribution < 1.29 is 15.0 Å². The number of thiazole rings is 1. The number of carbonyl (C=O) groups excluding carboxylic acids is 1. The number of amides is 1. The number of carbonyl (C=O) groups is 1. The van der Waals surface area contributed by atoms with Crippen molar-refractivity contribution in [2.24, 2.45) is 20.5 Å². The van der Waals surface area contributed by atoms with E-state index in [-0.39, 0.29) is 23.2 Å². The number of rotatable bonds is 6. The van der Waals surface area contributed by atoms with Crippen LogP contribution in [0, 0.1) is 0 Å². The Kier molecular flexibility index (Phi) is 6.74. The first-order valence-electron chi connectivity index (χ1n) is 11.9. The molecule has 0 bridgehead atoms. The molecule has 192 valence electrons. The Balaban J connectivity index is 1.34. The second-order valence-corrected chi connectivity index (χ2v) is 10.6. The summed E-state index contributed by atoms with van der Waals surface area (Å²) in [6, 6.07) is 26.4. The predicted octanol–water partition coefficient (Wildman–Crippen LogP) is 8.32. The van der Waals surface area contributed by atoms with E-state index >= 15 is 0 Å². The molecule has 9 nitrogen and oxygen atoms in total. The van der Waals surface area contributed by atoms with Gasteiger partial charge in [0, 0.05) is 11.6 Å². The third-order valence-electron chi connectivity index (χ3n) is 5.93. The average Bonchev–Trinajstić information content (AvgIpc) is 3.55. The minimum Gasteiger partial charge on any atom is -0.508 e. The van der Waals surface area contributed by atoms with Crippen LogP contribution in [0.4, 0.5) is 27.9 Å². The highest BCUT2D eigenvalue weighted by Crippen LogP contribution is 2.48. The summed E-state index contributed by atoms with van der Waals surface area (Å²) in [6.45, 7) is 0. The number of nitrogens with zero attached hydrogens (tertiary/aromatic N) is 6. The van der Waals surface area contributed by atoms with Gasteiger partial charge in [-0.25, -0.2) is 4.98 Å². The molecule has 1 atom stereocenters. The number of phenolic OH excluding ortho intramolecular Hbond substituents is 2. The van der Waals surface area contributed by atoms with Gasteiger partial charge in [0.15, 0.2) is 0 Å². The zero-order valence-electron chi connectivity index (χ0n) is 20.2. The number of hydrogen-bond donors (Lipinski definition) is 2. The Morgan fingerprint density at radius 3 is 2.46 bits per heavy atom. The fraction of sp³-hybridized carbons (Fsp3) is 0.0714. The van der Waals surface area contributed by atoms with Crippen molar-refractivity contribution >= 4 is 67.1 Å². The van der Waals surface area contributed by atoms with Crippen LogP contribution in [0.2, 0.25) is 0 Å². The number of aromatic nitrogens is 1. The molecule has 1 aliphatic heterocycles. The zero-order valence-corrected chi connectivity index (χ0v) is 21.9. The maximum Gasteiger partial charge on any atom is 0.238 e. The lowest BCUT2D eigenvalue weighted by molar-refractivity contribution is -0.115. The summed E-state index contributed by atoms with van der Waals surface area (Å²) in [5.41, 5.74) is 3.28. The Hall–Kier alpha value is -4.61. The van der Waals surface area contributed by atoms with E-state index in [1.54, 1.807) is 18.2 Å². The summed E-state index contributed by atoms with van der Waals surface area (Å²) in [6.07, 6.45) is 0. The van der Waals surface area contributed by atoms with Gasteiger partial charge in [-0.15, -0.1) is 27.1 Å². The van der Waals surface area contributed by atoms with Crippen molar-refractivity contribution in [3.05, 3.63) is 96.6 Å². The number of anilines is 1. The minimum atomic E-state index is -0.581. The highest BCUT2D eigenvalue weighted by atomic mass is 32.2. The molecule has 2 heterocycles. The standard InChI is InChI=1S/C28H20N6O3S2/c35-19-11-12-21(32-30-17-6-2-1-3-7-17)23(15-19)34-26(37)16-38-27(34)20-14-18(10-13-24(20)36)31-33-28-29-22-8-4-5-9-25(22)39-28/h1-15,27,35-36H,16H2. The molecule has 0 radical (unpaired) electrons. The molecule has 1 amide bonds. The number of para-hydroxylation sites is 1. The van der Waals surface area contributed by atoms with Gasteiger partial charge < -0.3 is 10.2 Å². The van der Waals surface area contributed by atoms with Gasteiger partial charge in [-0.2, -0.15) is 5.11 Å². The van der Waals surface area contributed by atoms with Gasteiger partial charge in [-0.1, -0.05) is 41.7 Å². The molecule has 0 saturated carbocycles. The monoisotopic (exact) mass is 552 g/mol. The largest absolute Gasteiger partial charge is 0.508 e. The third-order valence-corrected chi connectivity index (χ3v) is 8.04. The van der Waals surface area contributed by atoms with E-state index in [0.717, 1.165) is 10.2 Å². The molecule has 0 spiro atoms. The van der Waals surface area contributed by atoms with E-state index in [4.69, 9.17) is 0 Å². The lowest BCUT2D eigenvalue weighted by atomic mass is 10.1. The summed E-state index contributed by atoms with van der Waals surface area (Å²) in [5, 5.41) is 38.2. The van der Waals surface area contributed by atoms with Gasteiger partial charge >= 0.3 is 0 Å². The summed E-state index contributed by atoms with van der Waals surface area (Å²) in [7, 11) is 0. The second kappa shape index (κ2) is 10.6. The Morgan fingerprint density at radius 1 is 0.821 bits per heavy atom. The number of azo groups is 2. The molecule has 5 aromatic rings. The van der Waals surface area contributed by atoms with E-state index in [0.29, 0.717) is 33.4 Å². The summed E-state index contributed by atoms with van der Waals surface area (Å²) in [4.78, 5) is 19.1. The summed E-state index contributed by atoms with van der Waals surface area (Å²) in [5.74, 6) is -0.00641. The Labute approximate surface area is 231 Å². The van der Waals surface area contributed by atoms with Crippen LogP contribution in [0.1, 0.15) is 10.9 Å². The van der Waals surface area contributed by atoms with Crippen molar-refractivity contribution in [2.45, 2.75) is 5.37 Å². The molecule has 2 N–H and O–H groups in total. The molecule has 39 heavy (non-hydrogen) atoms. The molecule has 1 unspecified atom stereocenters. The van der Waals surface area contributed by atoms with Gasteiger partial charge in [-0.05, 0) is 54.6 Å². The van der Waals surface area contributed by atoms with Crippen LogP contribution in [0.25, 0.3) is 10.2 Å². The number of thioether (sulfide) groups is 1. The minimum absolute atomic E-state index is 0.0127. The number of hydrogen-bond acceptors (Lipinski definition) is 10. The fourth-order valence-electron chi connectivity index (χ4n) is 4.12. The fourth-order valence-corrected chi connectivity index (χ4v) is 6.09. The first kappa shape index (κ1) is 24.7. The van der Waals surface area contributed by atoms with Crippen molar-refractivity contribution in [3.8, 4) is 11.5 Å². The number of benzene rings is 4. The molecule has 1 fully saturated rings. The third kappa shape index (κ3) is 5.22. The number of phenols is 2. The van der Waals surface area contributed by atoms with Crippen LogP contribution in [0.5, 0.6) is 11.5 Å². The molecule has 1 aromatic heterocycles. The Bertz CT molecular complexity index is 1710. The highest BCUT2D eigenvalue weighted by Gasteiger charge is 2.37. The van der Waals surface area contributed by atoms with E-state index in [1.807, 2.05) is 54.6 Å². The van der Waals surface area contributed by atoms with Crippen LogP contribution in [0.15, 0.2) is 111 Å². The first-order valence-corrected chi connectivity index (χ1v) is 13.8. The lowest BCUT2D eigenvalue weighted by Gasteiger charge is -2.26. The van der Waals surface area contributed by atoms with Crippen molar-refractivity contribution in [3.63, 3.8) is 0 Å². The van der Waals surface area contributed by atoms with Crippen molar-refractivity contribution in [1.29, 1.82) is 0 Å². The SMILES string of the molecule is O=C1CSC(c2cc(N=Nc3nc4ccccc4s3)ccc2O)N1c1cc(O)ccc1N=Nc1ccccc1. The normalized spacial score (nSPS) is 15.7. The molecule has 11 heteroatoms. The number of fused-ring (bicyclic) bond motifs is 1. The molecular weight excluding hydrogens is 532 g/mol. The molecular formula is C28H20N6O3S2. The van der Waals surface area contributed by atoms with Crippen LogP contribution in [-0.4, -0.2) is 26.9 Å². The zero-order chi connectivity index (χ0) is 26.8. The first-order chi connectivity index (χ1) is 19.0. The maximum absolute atomic E-state index is 13.1. The molecule has 1 aliphatic rings. The molecule has 6 rings (SSSR count). The van der Waals surface area contributed by atoms with Gasteiger partial charge in [0.05, 0.1) is 33.0 Å². The molecule has 4 aromatic carbocycles. The van der Waals surface area contributed by atoms with Crippen LogP contribution < -0.4 is 4.90 Å². The van der Waals surface area contributed by atoms with Crippen molar-refractivity contribution in [2.75, 3.05) is 10.7 Å². The van der Waals surface area contributed by atoms with Crippen LogP contribution >= 0.6 is 23.1 Å². The van der Waals surface area contributed by atoms with E-state index in [2.05, 4.69) is 25.4 Å². The summed E-state index contributed by atoms with van der Waals surface area (Å²) < 4.78 is 1.01. The number of aromatic hydroxyl groups is 2. The van der Waals surface area contributed by atoms with Crippen molar-refractivity contribution in [1.82, 2.24) is 4.98 Å². The topological polar surface area (TPSA) is 123 Å². The maximum atomic E-state index is 13.1. The van der Waals surface area contributed by atoms with Gasteiger partial charge in [-0.3, -0.25) is 9.69 Å². The quantitative estimate of drug-likeness (QED) is 0.205. The highest BCUT2D eigenvalue weighted by molar-refractivity contribution is 8.00. The smallest absolute Gasteiger partial charge is 0.238 e. The molecule has 1 saturated heterocycles. The second-order valence-electron chi connectivity index (χ2n) is 8.54. The van der Waals surface area contributed by atoms with Gasteiger partial charge in [0.1, 0.15) is 22.6 Å². The van der Waals surface area contributed by atoms with E-state index in [1.165, 1.54) is 46.2 Å². The summed E-state index contributed by atoms with van der Waals surface area (Å²) >= 11 is 2.79. The Morgan fingerprint density at radius 2 is 1.62 bits per heavy atom.